The molecule has 1 N–H and O–H groups in total. The Morgan fingerprint density at radius 3 is 1.80 bits per heavy atom. The van der Waals surface area contributed by atoms with Crippen LogP contribution in [0.3, 0.4) is 0 Å². The maximum Gasteiger partial charge on any atom is 0.422 e. The Balaban J connectivity index is 2.35. The summed E-state index contributed by atoms with van der Waals surface area (Å²) in [5.74, 6) is -12.2. The van der Waals surface area contributed by atoms with Gasteiger partial charge in [-0.05, 0) is 31.0 Å². The van der Waals surface area contributed by atoms with Crippen LogP contribution in [0.5, 0.6) is 0 Å². The quantitative estimate of drug-likeness (QED) is 0.232. The number of alkyl halides is 6. The van der Waals surface area contributed by atoms with Crippen LogP contribution in [0.25, 0.3) is 0 Å². The zero-order chi connectivity index (χ0) is 27.0. The number of carbonyl (C=O) groups is 1. The fourth-order valence-corrected chi connectivity index (χ4v) is 3.27. The van der Waals surface area contributed by atoms with Crippen molar-refractivity contribution in [1.82, 2.24) is 0 Å². The van der Waals surface area contributed by atoms with E-state index < -0.39 is 81.4 Å². The van der Waals surface area contributed by atoms with Gasteiger partial charge in [-0.3, -0.25) is 0 Å². The molecule has 0 bridgehead atoms. The Hall–Kier alpha value is -2.70. The highest BCUT2D eigenvalue weighted by atomic mass is 35.5. The van der Waals surface area contributed by atoms with E-state index in [-0.39, 0.29) is 5.69 Å². The van der Waals surface area contributed by atoms with Crippen LogP contribution in [-0.2, 0) is 21.9 Å². The first-order chi connectivity index (χ1) is 15.9. The van der Waals surface area contributed by atoms with E-state index in [1.165, 1.54) is 13.8 Å². The number of benzene rings is 2. The Kier molecular flexibility index (Phi) is 8.25. The molecule has 35 heavy (non-hydrogen) atoms. The first-order valence-electron chi connectivity index (χ1n) is 9.64. The topological polar surface area (TPSA) is 38.3 Å². The van der Waals surface area contributed by atoms with Crippen LogP contribution in [-0.4, -0.2) is 12.0 Å². The lowest BCUT2D eigenvalue weighted by molar-refractivity contribution is -0.151. The molecule has 2 unspecified atom stereocenters. The zero-order valence-corrected chi connectivity index (χ0v) is 18.7. The van der Waals surface area contributed by atoms with Crippen molar-refractivity contribution in [2.45, 2.75) is 45.3 Å². The van der Waals surface area contributed by atoms with Gasteiger partial charge in [0, 0.05) is 0 Å². The molecule has 3 nitrogen and oxygen atoms in total. The third kappa shape index (κ3) is 6.11. The number of carbonyl (C=O) groups excluding carboxylic acids is 1. The van der Waals surface area contributed by atoms with Gasteiger partial charge in [0.1, 0.15) is 17.7 Å². The van der Waals surface area contributed by atoms with Crippen molar-refractivity contribution in [1.29, 1.82) is 0 Å². The molecule has 194 valence electrons. The number of ether oxygens (including phenoxy) is 1. The summed E-state index contributed by atoms with van der Waals surface area (Å²) in [6.45, 7) is 3.65. The highest BCUT2D eigenvalue weighted by Crippen LogP contribution is 2.39. The predicted octanol–water partition coefficient (Wildman–Crippen LogP) is 7.67. The van der Waals surface area contributed by atoms with Gasteiger partial charge in [-0.2, -0.15) is 26.3 Å². The highest BCUT2D eigenvalue weighted by molar-refractivity contribution is 6.33. The van der Waals surface area contributed by atoms with E-state index in [0.29, 0.717) is 12.1 Å². The molecule has 0 saturated heterocycles. The molecule has 0 saturated carbocycles. The van der Waals surface area contributed by atoms with Gasteiger partial charge < -0.3 is 10.1 Å². The van der Waals surface area contributed by atoms with Gasteiger partial charge in [0.25, 0.3) is 0 Å². The van der Waals surface area contributed by atoms with E-state index in [1.807, 2.05) is 0 Å². The fraction of sp³-hybridized carbons (Fsp3) is 0.381. The lowest BCUT2D eigenvalue weighted by atomic mass is 10.0. The van der Waals surface area contributed by atoms with Crippen molar-refractivity contribution in [2.24, 2.45) is 5.92 Å². The molecule has 0 radical (unpaired) electrons. The molecule has 0 aliphatic heterocycles. The molecule has 0 heterocycles. The second-order valence-electron chi connectivity index (χ2n) is 7.68. The van der Waals surface area contributed by atoms with Gasteiger partial charge in [-0.15, -0.1) is 0 Å². The molecule has 2 aromatic rings. The normalized spacial score (nSPS) is 14.1. The van der Waals surface area contributed by atoms with Crippen molar-refractivity contribution in [2.75, 3.05) is 5.32 Å². The van der Waals surface area contributed by atoms with Gasteiger partial charge in [0.05, 0.1) is 21.8 Å². The molecule has 0 fully saturated rings. The Morgan fingerprint density at radius 2 is 1.40 bits per heavy atom. The second kappa shape index (κ2) is 10.1. The largest absolute Gasteiger partial charge is 0.456 e. The molecular formula is C21H16ClF10NO2. The van der Waals surface area contributed by atoms with E-state index >= 15 is 0 Å². The molecular weight excluding hydrogens is 524 g/mol. The number of anilines is 1. The minimum Gasteiger partial charge on any atom is -0.456 e. The van der Waals surface area contributed by atoms with Crippen LogP contribution in [0.4, 0.5) is 49.6 Å². The predicted molar refractivity (Wildman–Crippen MR) is 104 cm³/mol. The van der Waals surface area contributed by atoms with Crippen LogP contribution >= 0.6 is 11.6 Å². The standard InChI is InChI=1S/C21H16ClF10NO2/c1-7(2)18(33-11-5-4-9(6-10(11)22)20(27,28)29)19(34)35-8(3)12-14(23)16(25)13(21(30,31)32)17(26)15(12)24/h4-8,18,33H,1-3H3. The van der Waals surface area contributed by atoms with Crippen molar-refractivity contribution < 1.29 is 53.4 Å². The van der Waals surface area contributed by atoms with E-state index in [4.69, 9.17) is 16.3 Å². The van der Waals surface area contributed by atoms with E-state index in [2.05, 4.69) is 5.32 Å². The highest BCUT2D eigenvalue weighted by Gasteiger charge is 2.43. The van der Waals surface area contributed by atoms with Gasteiger partial charge in [0.2, 0.25) is 0 Å². The first-order valence-corrected chi connectivity index (χ1v) is 10.0. The minimum absolute atomic E-state index is 0.146. The number of halogens is 11. The smallest absolute Gasteiger partial charge is 0.422 e. The average molecular weight is 540 g/mol. The van der Waals surface area contributed by atoms with Crippen molar-refractivity contribution in [3.05, 3.63) is 63.2 Å². The summed E-state index contributed by atoms with van der Waals surface area (Å²) in [6.07, 6.45) is -12.5. The number of rotatable bonds is 6. The average Bonchev–Trinajstić information content (AvgIpc) is 2.69. The Bertz CT molecular complexity index is 1090. The third-order valence-electron chi connectivity index (χ3n) is 4.81. The van der Waals surface area contributed by atoms with Gasteiger partial charge >= 0.3 is 18.3 Å². The second-order valence-corrected chi connectivity index (χ2v) is 8.09. The van der Waals surface area contributed by atoms with Crippen LogP contribution in [0.15, 0.2) is 18.2 Å². The summed E-state index contributed by atoms with van der Waals surface area (Å²) in [7, 11) is 0. The molecule has 0 aromatic heterocycles. The number of esters is 1. The molecule has 0 amide bonds. The molecule has 0 aliphatic carbocycles. The zero-order valence-electron chi connectivity index (χ0n) is 17.9. The maximum absolute atomic E-state index is 14.2. The summed E-state index contributed by atoms with van der Waals surface area (Å²) in [5, 5.41) is 2.07. The van der Waals surface area contributed by atoms with Gasteiger partial charge in [0.15, 0.2) is 23.3 Å². The summed E-state index contributed by atoms with van der Waals surface area (Å²) in [5.41, 5.74) is -5.61. The van der Waals surface area contributed by atoms with Gasteiger partial charge in [-0.25, -0.2) is 22.4 Å². The molecule has 2 aromatic carbocycles. The van der Waals surface area contributed by atoms with Crippen LogP contribution < -0.4 is 5.32 Å². The van der Waals surface area contributed by atoms with Crippen LogP contribution in [0.2, 0.25) is 5.02 Å². The molecule has 0 spiro atoms. The number of nitrogens with one attached hydrogen (secondary N) is 1. The van der Waals surface area contributed by atoms with E-state index in [9.17, 15) is 48.7 Å². The number of hydrogen-bond donors (Lipinski definition) is 1. The number of hydrogen-bond acceptors (Lipinski definition) is 3. The molecule has 0 aliphatic rings. The summed E-state index contributed by atoms with van der Waals surface area (Å²) in [6, 6.07) is 0.755. The monoisotopic (exact) mass is 539 g/mol. The van der Waals surface area contributed by atoms with Gasteiger partial charge in [-0.1, -0.05) is 25.4 Å². The summed E-state index contributed by atoms with van der Waals surface area (Å²) >= 11 is 5.83. The van der Waals surface area contributed by atoms with E-state index in [0.717, 1.165) is 13.0 Å². The first kappa shape index (κ1) is 28.5. The minimum atomic E-state index is -5.75. The van der Waals surface area contributed by atoms with Crippen molar-refractivity contribution in [3.63, 3.8) is 0 Å². The maximum atomic E-state index is 14.2. The lowest BCUT2D eigenvalue weighted by Crippen LogP contribution is -2.37. The fourth-order valence-electron chi connectivity index (χ4n) is 3.03. The third-order valence-corrected chi connectivity index (χ3v) is 5.12. The molecule has 2 rings (SSSR count). The Morgan fingerprint density at radius 1 is 0.886 bits per heavy atom. The lowest BCUT2D eigenvalue weighted by Gasteiger charge is -2.25. The molecule has 14 heteroatoms. The SMILES string of the molecule is CC(OC(=O)C(Nc1ccc(C(F)(F)F)cc1Cl)C(C)C)c1c(F)c(F)c(C(F)(F)F)c(F)c1F. The van der Waals surface area contributed by atoms with Crippen molar-refractivity contribution >= 4 is 23.3 Å². The Labute approximate surface area is 197 Å². The van der Waals surface area contributed by atoms with Crippen LogP contribution in [0.1, 0.15) is 43.6 Å². The van der Waals surface area contributed by atoms with E-state index in [1.54, 1.807) is 0 Å². The van der Waals surface area contributed by atoms with Crippen LogP contribution in [0, 0.1) is 29.2 Å². The summed E-state index contributed by atoms with van der Waals surface area (Å²) < 4.78 is 138. The van der Waals surface area contributed by atoms with Crippen molar-refractivity contribution in [3.8, 4) is 0 Å². The molecule has 2 atom stereocenters. The summed E-state index contributed by atoms with van der Waals surface area (Å²) in [4.78, 5) is 12.6.